The first-order valence-corrected chi connectivity index (χ1v) is 7.98. The lowest BCUT2D eigenvalue weighted by atomic mass is 9.94. The molecule has 1 aliphatic rings. The molecule has 2 rings (SSSR count). The lowest BCUT2D eigenvalue weighted by Crippen LogP contribution is -2.53. The van der Waals surface area contributed by atoms with E-state index in [1.165, 1.54) is 0 Å². The summed E-state index contributed by atoms with van der Waals surface area (Å²) in [5, 5.41) is 0.199. The topological polar surface area (TPSA) is 29.5 Å². The second-order valence-electron chi connectivity index (χ2n) is 5.38. The fourth-order valence-corrected chi connectivity index (χ4v) is 5.18. The molecule has 1 aliphatic heterocycles. The Hall–Kier alpha value is -0.870. The van der Waals surface area contributed by atoms with E-state index in [4.69, 9.17) is 4.74 Å². The molecule has 0 aliphatic carbocycles. The third-order valence-corrected chi connectivity index (χ3v) is 6.32. The average molecular weight is 281 g/mol. The largest absolute Gasteiger partial charge is 0.497 e. The average Bonchev–Trinajstić information content (AvgIpc) is 2.43. The standard InChI is InChI=1S/C15H23NO2S/c1-5-15(11-16(3)10-12(2)19(15)17)13-7-6-8-14(9-13)18-4/h6-9,12H,5,10-11H2,1-4H3/t12-,15?,19-/m1/s1. The molecule has 0 spiro atoms. The fourth-order valence-electron chi connectivity index (χ4n) is 3.03. The predicted molar refractivity (Wildman–Crippen MR) is 80.1 cm³/mol. The van der Waals surface area contributed by atoms with Gasteiger partial charge in [-0.05, 0) is 38.1 Å². The van der Waals surface area contributed by atoms with Gasteiger partial charge in [0, 0.05) is 29.1 Å². The summed E-state index contributed by atoms with van der Waals surface area (Å²) in [5.74, 6) is 0.836. The second kappa shape index (κ2) is 5.63. The molecule has 1 aromatic carbocycles. The van der Waals surface area contributed by atoms with Crippen LogP contribution in [0.15, 0.2) is 24.3 Å². The first-order chi connectivity index (χ1) is 9.03. The smallest absolute Gasteiger partial charge is 0.119 e. The van der Waals surface area contributed by atoms with Gasteiger partial charge in [0.25, 0.3) is 0 Å². The van der Waals surface area contributed by atoms with Crippen LogP contribution in [0.25, 0.3) is 0 Å². The minimum absolute atomic E-state index is 0.199. The zero-order chi connectivity index (χ0) is 14.0. The van der Waals surface area contributed by atoms with Crippen molar-refractivity contribution in [2.24, 2.45) is 0 Å². The van der Waals surface area contributed by atoms with Crippen molar-refractivity contribution in [3.63, 3.8) is 0 Å². The molecule has 3 nitrogen and oxygen atoms in total. The van der Waals surface area contributed by atoms with Gasteiger partial charge in [-0.25, -0.2) is 0 Å². The number of nitrogens with zero attached hydrogens (tertiary/aromatic N) is 1. The Morgan fingerprint density at radius 2 is 2.26 bits per heavy atom. The number of ether oxygens (including phenoxy) is 1. The summed E-state index contributed by atoms with van der Waals surface area (Å²) >= 11 is 0. The van der Waals surface area contributed by atoms with Crippen molar-refractivity contribution in [3.8, 4) is 5.75 Å². The van der Waals surface area contributed by atoms with Gasteiger partial charge in [-0.1, -0.05) is 19.1 Å². The fraction of sp³-hybridized carbons (Fsp3) is 0.600. The highest BCUT2D eigenvalue weighted by atomic mass is 32.2. The van der Waals surface area contributed by atoms with E-state index in [1.54, 1.807) is 7.11 Å². The lowest BCUT2D eigenvalue weighted by Gasteiger charge is -2.43. The maximum Gasteiger partial charge on any atom is 0.119 e. The summed E-state index contributed by atoms with van der Waals surface area (Å²) in [5.41, 5.74) is 1.13. The summed E-state index contributed by atoms with van der Waals surface area (Å²) in [6.07, 6.45) is 0.876. The maximum absolute atomic E-state index is 12.9. The minimum atomic E-state index is -0.861. The van der Waals surface area contributed by atoms with Crippen LogP contribution in [0.4, 0.5) is 0 Å². The van der Waals surface area contributed by atoms with Crippen LogP contribution in [0, 0.1) is 0 Å². The molecule has 1 unspecified atom stereocenters. The third-order valence-electron chi connectivity index (χ3n) is 4.01. The molecule has 1 heterocycles. The Morgan fingerprint density at radius 1 is 1.53 bits per heavy atom. The van der Waals surface area contributed by atoms with Crippen molar-refractivity contribution >= 4 is 10.8 Å². The van der Waals surface area contributed by atoms with Crippen LogP contribution >= 0.6 is 0 Å². The molecule has 106 valence electrons. The number of methoxy groups -OCH3 is 1. The van der Waals surface area contributed by atoms with Crippen molar-refractivity contribution in [3.05, 3.63) is 29.8 Å². The molecule has 0 saturated carbocycles. The van der Waals surface area contributed by atoms with Gasteiger partial charge in [0.05, 0.1) is 11.9 Å². The molecular formula is C15H23NO2S. The van der Waals surface area contributed by atoms with Crippen molar-refractivity contribution < 1.29 is 8.95 Å². The normalized spacial score (nSPS) is 32.2. The SMILES string of the molecule is CCC1(c2cccc(OC)c2)CN(C)C[C@@H](C)[S@]1=O. The van der Waals surface area contributed by atoms with E-state index >= 15 is 0 Å². The van der Waals surface area contributed by atoms with E-state index in [0.29, 0.717) is 0 Å². The van der Waals surface area contributed by atoms with Crippen LogP contribution in [0.2, 0.25) is 0 Å². The first-order valence-electron chi connectivity index (χ1n) is 6.77. The van der Waals surface area contributed by atoms with E-state index in [9.17, 15) is 4.21 Å². The van der Waals surface area contributed by atoms with Crippen LogP contribution < -0.4 is 4.74 Å². The molecular weight excluding hydrogens is 258 g/mol. The van der Waals surface area contributed by atoms with Gasteiger partial charge in [0.1, 0.15) is 5.75 Å². The molecule has 1 saturated heterocycles. The predicted octanol–water partition coefficient (Wildman–Crippen LogP) is 2.38. The van der Waals surface area contributed by atoms with E-state index in [1.807, 2.05) is 18.2 Å². The molecule has 1 fully saturated rings. The molecule has 0 amide bonds. The first kappa shape index (κ1) is 14.5. The van der Waals surface area contributed by atoms with E-state index in [-0.39, 0.29) is 10.00 Å². The van der Waals surface area contributed by atoms with Gasteiger partial charge < -0.3 is 9.64 Å². The van der Waals surface area contributed by atoms with Gasteiger partial charge >= 0.3 is 0 Å². The Balaban J connectivity index is 2.48. The number of likely N-dealkylation sites (N-methyl/N-ethyl adjacent to an activating group) is 1. The zero-order valence-corrected chi connectivity index (χ0v) is 13.0. The van der Waals surface area contributed by atoms with Crippen LogP contribution in [-0.2, 0) is 15.5 Å². The van der Waals surface area contributed by atoms with E-state index in [2.05, 4.69) is 31.9 Å². The number of benzene rings is 1. The molecule has 19 heavy (non-hydrogen) atoms. The van der Waals surface area contributed by atoms with Crippen molar-refractivity contribution in [2.75, 3.05) is 27.2 Å². The monoisotopic (exact) mass is 281 g/mol. The molecule has 0 bridgehead atoms. The number of hydrogen-bond donors (Lipinski definition) is 0. The van der Waals surface area contributed by atoms with Gasteiger partial charge in [-0.2, -0.15) is 0 Å². The summed E-state index contributed by atoms with van der Waals surface area (Å²) in [6, 6.07) is 8.04. The Labute approximate surface area is 118 Å². The van der Waals surface area contributed by atoms with Crippen molar-refractivity contribution in [1.29, 1.82) is 0 Å². The van der Waals surface area contributed by atoms with Gasteiger partial charge in [0.15, 0.2) is 0 Å². The molecule has 4 heteroatoms. The Morgan fingerprint density at radius 3 is 2.89 bits per heavy atom. The molecule has 0 radical (unpaired) electrons. The Bertz CT molecular complexity index is 477. The summed E-state index contributed by atoms with van der Waals surface area (Å²) in [4.78, 5) is 2.29. The highest BCUT2D eigenvalue weighted by molar-refractivity contribution is 7.86. The number of hydrogen-bond acceptors (Lipinski definition) is 3. The van der Waals surface area contributed by atoms with Crippen LogP contribution in [-0.4, -0.2) is 41.6 Å². The zero-order valence-electron chi connectivity index (χ0n) is 12.2. The molecule has 3 atom stereocenters. The second-order valence-corrected chi connectivity index (χ2v) is 7.57. The molecule has 0 aromatic heterocycles. The maximum atomic E-state index is 12.9. The lowest BCUT2D eigenvalue weighted by molar-refractivity contribution is 0.270. The molecule has 0 N–H and O–H groups in total. The number of rotatable bonds is 3. The van der Waals surface area contributed by atoms with Gasteiger partial charge in [-0.3, -0.25) is 4.21 Å². The summed E-state index contributed by atoms with van der Waals surface area (Å²) in [7, 11) is 2.92. The molecule has 1 aromatic rings. The summed E-state index contributed by atoms with van der Waals surface area (Å²) < 4.78 is 17.9. The van der Waals surface area contributed by atoms with Gasteiger partial charge in [0.2, 0.25) is 0 Å². The van der Waals surface area contributed by atoms with Crippen molar-refractivity contribution in [1.82, 2.24) is 4.90 Å². The quantitative estimate of drug-likeness (QED) is 0.852. The van der Waals surface area contributed by atoms with Gasteiger partial charge in [-0.15, -0.1) is 0 Å². The summed E-state index contributed by atoms with van der Waals surface area (Å²) in [6.45, 7) is 5.95. The highest BCUT2D eigenvalue weighted by Crippen LogP contribution is 2.38. The Kier molecular flexibility index (Phi) is 4.31. The minimum Gasteiger partial charge on any atom is -0.497 e. The third kappa shape index (κ3) is 2.56. The van der Waals surface area contributed by atoms with E-state index < -0.39 is 10.8 Å². The van der Waals surface area contributed by atoms with Crippen LogP contribution in [0.1, 0.15) is 25.8 Å². The van der Waals surface area contributed by atoms with Crippen LogP contribution in [0.3, 0.4) is 0 Å². The van der Waals surface area contributed by atoms with Crippen molar-refractivity contribution in [2.45, 2.75) is 30.3 Å². The van der Waals surface area contributed by atoms with Crippen LogP contribution in [0.5, 0.6) is 5.75 Å². The van der Waals surface area contributed by atoms with E-state index in [0.717, 1.165) is 30.8 Å². The highest BCUT2D eigenvalue weighted by Gasteiger charge is 2.44.